The molecule has 3 N–H and O–H groups in total. The average Bonchev–Trinajstić information content (AvgIpc) is 3.28. The van der Waals surface area contributed by atoms with Crippen LogP contribution in [0.15, 0.2) is 53.7 Å². The number of thioether (sulfide) groups is 1. The van der Waals surface area contributed by atoms with Gasteiger partial charge in [0, 0.05) is 22.9 Å². The van der Waals surface area contributed by atoms with Crippen molar-refractivity contribution in [2.45, 2.75) is 55.5 Å². The van der Waals surface area contributed by atoms with Crippen LogP contribution in [-0.2, 0) is 4.79 Å². The number of ether oxygens (including phenoxy) is 1. The van der Waals surface area contributed by atoms with Crippen molar-refractivity contribution in [1.82, 2.24) is 14.8 Å². The number of hydrogen-bond donors (Lipinski definition) is 2. The molecule has 34 heavy (non-hydrogen) atoms. The molecule has 3 aromatic rings. The minimum atomic E-state index is -0.503. The molecule has 178 valence electrons. The predicted molar refractivity (Wildman–Crippen MR) is 133 cm³/mol. The second-order valence-electron chi connectivity index (χ2n) is 8.39. The topological polar surface area (TPSA) is 112 Å². The van der Waals surface area contributed by atoms with Crippen LogP contribution in [0.3, 0.4) is 0 Å². The summed E-state index contributed by atoms with van der Waals surface area (Å²) in [4.78, 5) is 24.1. The SMILES string of the molecule is COc1ccc(-c2nnc(SC(C)C(=O)Nc3ccc(C(N)=O)cc3)n2C2CCCCC2)cc1. The van der Waals surface area contributed by atoms with Crippen LogP contribution < -0.4 is 15.8 Å². The quantitative estimate of drug-likeness (QED) is 0.454. The summed E-state index contributed by atoms with van der Waals surface area (Å²) in [5.41, 5.74) is 7.25. The molecule has 1 atom stereocenters. The summed E-state index contributed by atoms with van der Waals surface area (Å²) >= 11 is 1.40. The van der Waals surface area contributed by atoms with E-state index < -0.39 is 11.2 Å². The number of nitrogens with one attached hydrogen (secondary N) is 1. The highest BCUT2D eigenvalue weighted by atomic mass is 32.2. The molecule has 0 radical (unpaired) electrons. The molecule has 9 heteroatoms. The van der Waals surface area contributed by atoms with Gasteiger partial charge < -0.3 is 15.8 Å². The molecular formula is C25H29N5O3S. The number of carbonyl (C=O) groups excluding carboxylic acids is 2. The lowest BCUT2D eigenvalue weighted by Crippen LogP contribution is -2.23. The number of nitrogens with zero attached hydrogens (tertiary/aromatic N) is 3. The van der Waals surface area contributed by atoms with Crippen LogP contribution >= 0.6 is 11.8 Å². The normalized spacial score (nSPS) is 15.0. The number of nitrogens with two attached hydrogens (primary N) is 1. The van der Waals surface area contributed by atoms with Crippen LogP contribution in [0.2, 0.25) is 0 Å². The molecule has 0 aliphatic heterocycles. The van der Waals surface area contributed by atoms with Gasteiger partial charge in [-0.25, -0.2) is 0 Å². The standard InChI is InChI=1S/C25H29N5O3S/c1-16(24(32)27-19-12-8-17(9-13-19)22(26)31)34-25-29-28-23(18-10-14-21(33-2)15-11-18)30(25)20-6-4-3-5-7-20/h8-16,20H,3-7H2,1-2H3,(H2,26,31)(H,27,32). The summed E-state index contributed by atoms with van der Waals surface area (Å²) in [5.74, 6) is 0.945. The van der Waals surface area contributed by atoms with E-state index in [9.17, 15) is 9.59 Å². The Hall–Kier alpha value is -3.33. The van der Waals surface area contributed by atoms with Crippen molar-refractivity contribution in [2.24, 2.45) is 5.73 Å². The van der Waals surface area contributed by atoms with Crippen molar-refractivity contribution >= 4 is 29.3 Å². The molecule has 1 fully saturated rings. The number of aromatic nitrogens is 3. The molecule has 2 aromatic carbocycles. The summed E-state index contributed by atoms with van der Waals surface area (Å²) in [6.45, 7) is 1.85. The van der Waals surface area contributed by atoms with E-state index in [1.165, 1.54) is 31.0 Å². The largest absolute Gasteiger partial charge is 0.497 e. The monoisotopic (exact) mass is 479 g/mol. The first-order valence-electron chi connectivity index (χ1n) is 11.4. The molecular weight excluding hydrogens is 450 g/mol. The molecule has 0 spiro atoms. The molecule has 1 heterocycles. The second kappa shape index (κ2) is 10.7. The molecule has 4 rings (SSSR count). The van der Waals surface area contributed by atoms with Gasteiger partial charge in [0.05, 0.1) is 12.4 Å². The van der Waals surface area contributed by atoms with E-state index in [-0.39, 0.29) is 5.91 Å². The van der Waals surface area contributed by atoms with E-state index in [4.69, 9.17) is 10.5 Å². The van der Waals surface area contributed by atoms with Crippen LogP contribution in [0.25, 0.3) is 11.4 Å². The predicted octanol–water partition coefficient (Wildman–Crippen LogP) is 4.68. The van der Waals surface area contributed by atoms with Crippen LogP contribution in [-0.4, -0.2) is 38.9 Å². The Kier molecular flexibility index (Phi) is 7.52. The third-order valence-corrected chi connectivity index (χ3v) is 7.10. The van der Waals surface area contributed by atoms with E-state index in [1.54, 1.807) is 31.4 Å². The lowest BCUT2D eigenvalue weighted by atomic mass is 9.95. The Morgan fingerprint density at radius 2 is 1.74 bits per heavy atom. The van der Waals surface area contributed by atoms with Crippen molar-refractivity contribution in [2.75, 3.05) is 12.4 Å². The molecule has 1 aliphatic rings. The fourth-order valence-electron chi connectivity index (χ4n) is 4.14. The maximum Gasteiger partial charge on any atom is 0.248 e. The van der Waals surface area contributed by atoms with Crippen molar-refractivity contribution < 1.29 is 14.3 Å². The summed E-state index contributed by atoms with van der Waals surface area (Å²) in [6.07, 6.45) is 5.73. The zero-order chi connectivity index (χ0) is 24.1. The van der Waals surface area contributed by atoms with E-state index in [0.29, 0.717) is 17.3 Å². The number of benzene rings is 2. The van der Waals surface area contributed by atoms with Crippen molar-refractivity contribution in [3.63, 3.8) is 0 Å². The maximum atomic E-state index is 12.9. The fourth-order valence-corrected chi connectivity index (χ4v) is 5.06. The van der Waals surface area contributed by atoms with Gasteiger partial charge in [0.2, 0.25) is 11.8 Å². The highest BCUT2D eigenvalue weighted by molar-refractivity contribution is 8.00. The molecule has 1 saturated carbocycles. The summed E-state index contributed by atoms with van der Waals surface area (Å²) < 4.78 is 7.49. The molecule has 2 amide bonds. The second-order valence-corrected chi connectivity index (χ2v) is 9.70. The first-order valence-corrected chi connectivity index (χ1v) is 12.3. The minimum Gasteiger partial charge on any atom is -0.497 e. The minimum absolute atomic E-state index is 0.152. The van der Waals surface area contributed by atoms with Crippen LogP contribution in [0, 0.1) is 0 Å². The number of rotatable bonds is 8. The number of methoxy groups -OCH3 is 1. The van der Waals surface area contributed by atoms with Gasteiger partial charge >= 0.3 is 0 Å². The van der Waals surface area contributed by atoms with Gasteiger partial charge in [0.15, 0.2) is 11.0 Å². The third-order valence-electron chi connectivity index (χ3n) is 6.04. The van der Waals surface area contributed by atoms with E-state index in [2.05, 4.69) is 20.1 Å². The summed E-state index contributed by atoms with van der Waals surface area (Å²) in [7, 11) is 1.65. The number of primary amides is 1. The lowest BCUT2D eigenvalue weighted by Gasteiger charge is -2.26. The zero-order valence-corrected chi connectivity index (χ0v) is 20.2. The molecule has 1 unspecified atom stereocenters. The van der Waals surface area contributed by atoms with Crippen molar-refractivity contribution in [3.8, 4) is 17.1 Å². The van der Waals surface area contributed by atoms with Gasteiger partial charge in [0.1, 0.15) is 5.75 Å². The van der Waals surface area contributed by atoms with Gasteiger partial charge in [-0.1, -0.05) is 31.0 Å². The molecule has 0 bridgehead atoms. The Bertz CT molecular complexity index is 1140. The van der Waals surface area contributed by atoms with Gasteiger partial charge in [-0.05, 0) is 68.3 Å². The summed E-state index contributed by atoms with van der Waals surface area (Å²) in [6, 6.07) is 14.6. The number of amides is 2. The average molecular weight is 480 g/mol. The molecule has 1 aromatic heterocycles. The molecule has 8 nitrogen and oxygen atoms in total. The highest BCUT2D eigenvalue weighted by Gasteiger charge is 2.26. The Labute approximate surface area is 203 Å². The Morgan fingerprint density at radius 1 is 1.06 bits per heavy atom. The maximum absolute atomic E-state index is 12.9. The first-order chi connectivity index (χ1) is 16.5. The van der Waals surface area contributed by atoms with Crippen LogP contribution in [0.5, 0.6) is 5.75 Å². The third kappa shape index (κ3) is 5.41. The van der Waals surface area contributed by atoms with Gasteiger partial charge in [0.25, 0.3) is 0 Å². The van der Waals surface area contributed by atoms with E-state index in [0.717, 1.165) is 35.1 Å². The molecule has 1 aliphatic carbocycles. The smallest absolute Gasteiger partial charge is 0.248 e. The van der Waals surface area contributed by atoms with Gasteiger partial charge in [-0.3, -0.25) is 14.2 Å². The zero-order valence-electron chi connectivity index (χ0n) is 19.4. The fraction of sp³-hybridized carbons (Fsp3) is 0.360. The lowest BCUT2D eigenvalue weighted by molar-refractivity contribution is -0.115. The van der Waals surface area contributed by atoms with Gasteiger partial charge in [-0.2, -0.15) is 0 Å². The van der Waals surface area contributed by atoms with Crippen molar-refractivity contribution in [1.29, 1.82) is 0 Å². The molecule has 0 saturated heterocycles. The van der Waals surface area contributed by atoms with E-state index >= 15 is 0 Å². The highest BCUT2D eigenvalue weighted by Crippen LogP contribution is 2.37. The number of carbonyl (C=O) groups is 2. The summed E-state index contributed by atoms with van der Waals surface area (Å²) in [5, 5.41) is 12.2. The van der Waals surface area contributed by atoms with Crippen molar-refractivity contribution in [3.05, 3.63) is 54.1 Å². The van der Waals surface area contributed by atoms with Crippen LogP contribution in [0.4, 0.5) is 5.69 Å². The Morgan fingerprint density at radius 3 is 2.35 bits per heavy atom. The van der Waals surface area contributed by atoms with Gasteiger partial charge in [-0.15, -0.1) is 10.2 Å². The number of hydrogen-bond acceptors (Lipinski definition) is 6. The first kappa shape index (κ1) is 23.8. The van der Waals surface area contributed by atoms with Crippen LogP contribution in [0.1, 0.15) is 55.4 Å². The Balaban J connectivity index is 1.54. The number of anilines is 1. The van der Waals surface area contributed by atoms with E-state index in [1.807, 2.05) is 31.2 Å².